The van der Waals surface area contributed by atoms with Gasteiger partial charge in [-0.15, -0.1) is 0 Å². The lowest BCUT2D eigenvalue weighted by Gasteiger charge is -2.09. The molecule has 0 aromatic carbocycles. The van der Waals surface area contributed by atoms with Crippen molar-refractivity contribution in [2.24, 2.45) is 0 Å². The summed E-state index contributed by atoms with van der Waals surface area (Å²) in [5.41, 5.74) is -2.76. The maximum absolute atomic E-state index is 10.4. The lowest BCUT2D eigenvalue weighted by molar-refractivity contribution is -1.25. The van der Waals surface area contributed by atoms with Crippen LogP contribution in [0.2, 0.25) is 0 Å². The van der Waals surface area contributed by atoms with Gasteiger partial charge in [0, 0.05) is 0 Å². The van der Waals surface area contributed by atoms with E-state index in [-0.39, 0.29) is 0 Å². The van der Waals surface area contributed by atoms with E-state index in [1.165, 1.54) is 0 Å². The molecule has 0 aliphatic carbocycles. The first-order valence-corrected chi connectivity index (χ1v) is 1.06. The van der Waals surface area contributed by atoms with Gasteiger partial charge in [0.15, 0.2) is 5.20 Å². The molecule has 0 radical (unpaired) electrons. The van der Waals surface area contributed by atoms with Gasteiger partial charge in [0.1, 0.15) is 0 Å². The Morgan fingerprint density at radius 1 is 1.29 bits per heavy atom. The van der Waals surface area contributed by atoms with Crippen LogP contribution in [0.4, 0.5) is 17.9 Å². The first-order chi connectivity index (χ1) is 2.94. The van der Waals surface area contributed by atoms with Gasteiger partial charge in [-0.3, -0.25) is 0 Å². The summed E-state index contributed by atoms with van der Waals surface area (Å²) < 4.78 is 41.4. The topological polar surface area (TPSA) is 26.3 Å². The van der Waals surface area contributed by atoms with Gasteiger partial charge < -0.3 is 5.21 Å². The Bertz CT molecular complexity index is 55.2. The SMILES string of the molecule is [O-][N+](F)(F)N(F)F. The number of nitrogens with zero attached hydrogens (tertiary/aromatic N) is 2. The summed E-state index contributed by atoms with van der Waals surface area (Å²) >= 11 is 0. The van der Waals surface area contributed by atoms with E-state index < -0.39 is 10.7 Å². The fourth-order valence-electron chi connectivity index (χ4n) is 0. The van der Waals surface area contributed by atoms with Gasteiger partial charge in [-0.25, -0.2) is 0 Å². The van der Waals surface area contributed by atoms with Gasteiger partial charge >= 0.3 is 0 Å². The lowest BCUT2D eigenvalue weighted by Crippen LogP contribution is -2.30. The molecule has 0 heterocycles. The molecule has 0 aliphatic heterocycles. The van der Waals surface area contributed by atoms with Crippen molar-refractivity contribution in [3.8, 4) is 0 Å². The van der Waals surface area contributed by atoms with Gasteiger partial charge in [-0.2, -0.15) is 0 Å². The molecule has 0 N–H and O–H groups in total. The summed E-state index contributed by atoms with van der Waals surface area (Å²) in [4.78, 5) is 0. The molecule has 0 saturated carbocycles. The minimum absolute atomic E-state index is 2.76. The van der Waals surface area contributed by atoms with E-state index in [1.54, 1.807) is 0 Å². The van der Waals surface area contributed by atoms with Crippen LogP contribution >= 0.6 is 0 Å². The number of rotatable bonds is 1. The third-order valence-electron chi connectivity index (χ3n) is 0.176. The summed E-state index contributed by atoms with van der Waals surface area (Å²) in [7, 11) is 0. The van der Waals surface area contributed by atoms with Gasteiger partial charge in [0.2, 0.25) is 0 Å². The fourth-order valence-corrected chi connectivity index (χ4v) is 0. The maximum Gasteiger partial charge on any atom is 0.284 e. The van der Waals surface area contributed by atoms with Crippen LogP contribution in [-0.4, -0.2) is 10.7 Å². The molecule has 0 spiro atoms. The molecule has 0 aromatic rings. The molecule has 0 atom stereocenters. The van der Waals surface area contributed by atoms with Crippen LogP contribution in [0, 0.1) is 5.21 Å². The maximum atomic E-state index is 10.4. The first kappa shape index (κ1) is 6.60. The first-order valence-electron chi connectivity index (χ1n) is 1.06. The Morgan fingerprint density at radius 3 is 1.43 bits per heavy atom. The highest BCUT2D eigenvalue weighted by Crippen LogP contribution is 2.12. The second-order valence-electron chi connectivity index (χ2n) is 0.650. The van der Waals surface area contributed by atoms with Crippen LogP contribution in [0.3, 0.4) is 0 Å². The van der Waals surface area contributed by atoms with E-state index in [0.717, 1.165) is 0 Å². The van der Waals surface area contributed by atoms with Crippen LogP contribution in [0.25, 0.3) is 0 Å². The van der Waals surface area contributed by atoms with E-state index in [2.05, 4.69) is 0 Å². The quantitative estimate of drug-likeness (QED) is 0.293. The zero-order valence-corrected chi connectivity index (χ0v) is 2.81. The molecule has 0 unspecified atom stereocenters. The zero-order chi connectivity index (χ0) is 6.08. The standard InChI is InChI=1S/F4N2O/c1-5(2)6(3,4)7. The van der Waals surface area contributed by atoms with E-state index in [0.29, 0.717) is 0 Å². The van der Waals surface area contributed by atoms with Crippen LogP contribution in [0.5, 0.6) is 0 Å². The number of quaternary nitrogens is 1. The average Bonchev–Trinajstić information content (AvgIpc) is 1.31. The third kappa shape index (κ3) is 2.31. The molecule has 0 saturated heterocycles. The van der Waals surface area contributed by atoms with Crippen LogP contribution in [0.1, 0.15) is 0 Å². The summed E-state index contributed by atoms with van der Waals surface area (Å²) in [5, 5.41) is 3.89. The molecule has 0 fully saturated rings. The van der Waals surface area contributed by atoms with Crippen molar-refractivity contribution in [3.05, 3.63) is 5.21 Å². The molecule has 7 heavy (non-hydrogen) atoms. The largest absolute Gasteiger partial charge is 0.527 e. The molecule has 44 valence electrons. The minimum Gasteiger partial charge on any atom is -0.527 e. The van der Waals surface area contributed by atoms with Crippen molar-refractivity contribution in [2.45, 2.75) is 0 Å². The molecule has 0 amide bonds. The third-order valence-corrected chi connectivity index (χ3v) is 0.176. The number of hydrogen-bond acceptors (Lipinski definition) is 2. The summed E-state index contributed by atoms with van der Waals surface area (Å²) in [5.74, 6) is 0. The molecule has 0 aromatic heterocycles. The van der Waals surface area contributed by atoms with Crippen molar-refractivity contribution in [1.29, 1.82) is 0 Å². The molecule has 0 rings (SSSR count). The molecular formula is F4N2O. The van der Waals surface area contributed by atoms with Gasteiger partial charge in [0.25, 0.3) is 5.45 Å². The van der Waals surface area contributed by atoms with Crippen molar-refractivity contribution in [1.82, 2.24) is 5.45 Å². The lowest BCUT2D eigenvalue weighted by atomic mass is 12.5. The Kier molecular flexibility index (Phi) is 1.51. The summed E-state index contributed by atoms with van der Waals surface area (Å²) in [6.07, 6.45) is 0. The highest BCUT2D eigenvalue weighted by Gasteiger charge is 2.30. The Labute approximate surface area is 35.2 Å². The van der Waals surface area contributed by atoms with E-state index >= 15 is 0 Å². The molecule has 0 aliphatic rings. The van der Waals surface area contributed by atoms with E-state index in [1.807, 2.05) is 0 Å². The average molecular weight is 120 g/mol. The minimum atomic E-state index is -4.69. The van der Waals surface area contributed by atoms with E-state index in [4.69, 9.17) is 5.21 Å². The highest BCUT2D eigenvalue weighted by atomic mass is 19.5. The fraction of sp³-hybridized carbons (Fsp3) is 0. The molecule has 0 bridgehead atoms. The van der Waals surface area contributed by atoms with Crippen LogP contribution < -0.4 is 0 Å². The smallest absolute Gasteiger partial charge is 0.284 e. The van der Waals surface area contributed by atoms with Gasteiger partial charge in [-0.1, -0.05) is 0 Å². The van der Waals surface area contributed by atoms with Gasteiger partial charge in [0.05, 0.1) is 8.96 Å². The summed E-state index contributed by atoms with van der Waals surface area (Å²) in [6, 6.07) is 0. The molecule has 3 nitrogen and oxygen atoms in total. The second kappa shape index (κ2) is 1.60. The van der Waals surface area contributed by atoms with Crippen LogP contribution in [-0.2, 0) is 0 Å². The number of hydrogen-bond donors (Lipinski definition) is 0. The van der Waals surface area contributed by atoms with Crippen molar-refractivity contribution >= 4 is 0 Å². The van der Waals surface area contributed by atoms with Crippen molar-refractivity contribution in [2.75, 3.05) is 0 Å². The molecule has 7 heteroatoms. The number of halogens is 4. The predicted octanol–water partition coefficient (Wildman–Crippen LogP) is 1.06. The zero-order valence-electron chi connectivity index (χ0n) is 2.81. The second-order valence-corrected chi connectivity index (χ2v) is 0.650. The summed E-state index contributed by atoms with van der Waals surface area (Å²) in [6.45, 7) is 0. The van der Waals surface area contributed by atoms with Gasteiger partial charge in [-0.05, 0) is 8.96 Å². The Hall–Kier alpha value is -0.400. The molecular weight excluding hydrogens is 120 g/mol. The normalized spacial score (nSPS) is 12.9. The Morgan fingerprint density at radius 2 is 1.43 bits per heavy atom. The van der Waals surface area contributed by atoms with Crippen molar-refractivity contribution < 1.29 is 23.1 Å². The van der Waals surface area contributed by atoms with Crippen LogP contribution in [0.15, 0.2) is 0 Å². The monoisotopic (exact) mass is 120 g/mol. The Balaban J connectivity index is 3.54. The van der Waals surface area contributed by atoms with Crippen molar-refractivity contribution in [3.63, 3.8) is 0 Å². The predicted molar refractivity (Wildman–Crippen MR) is 9.90 cm³/mol. The van der Waals surface area contributed by atoms with E-state index in [9.17, 15) is 17.9 Å². The highest BCUT2D eigenvalue weighted by molar-refractivity contribution is 3.85.